The second kappa shape index (κ2) is 7.02. The Hall–Kier alpha value is -2.11. The maximum absolute atomic E-state index is 13.6. The summed E-state index contributed by atoms with van der Waals surface area (Å²) in [6.07, 6.45) is 0.841. The lowest BCUT2D eigenvalue weighted by atomic mass is 10.0. The quantitative estimate of drug-likeness (QED) is 0.764. The molecule has 0 radical (unpaired) electrons. The van der Waals surface area contributed by atoms with E-state index in [1.807, 2.05) is 0 Å². The Labute approximate surface area is 154 Å². The smallest absolute Gasteiger partial charge is 0.240 e. The Bertz CT molecular complexity index is 817. The summed E-state index contributed by atoms with van der Waals surface area (Å²) in [7, 11) is 0. The van der Waals surface area contributed by atoms with Gasteiger partial charge in [0.2, 0.25) is 11.8 Å². The Morgan fingerprint density at radius 2 is 1.64 bits per heavy atom. The van der Waals surface area contributed by atoms with Crippen LogP contribution in [0.2, 0.25) is 10.0 Å². The zero-order valence-electron chi connectivity index (χ0n) is 13.1. The first-order valence-electron chi connectivity index (χ1n) is 7.71. The molecule has 130 valence electrons. The van der Waals surface area contributed by atoms with Crippen LogP contribution in [-0.4, -0.2) is 11.8 Å². The Morgan fingerprint density at radius 1 is 1.00 bits per heavy atom. The molecule has 2 N–H and O–H groups in total. The minimum Gasteiger partial charge on any atom is -0.351 e. The second-order valence-corrected chi connectivity index (χ2v) is 6.72. The van der Waals surface area contributed by atoms with Crippen molar-refractivity contribution in [3.63, 3.8) is 0 Å². The van der Waals surface area contributed by atoms with Gasteiger partial charge in [-0.05, 0) is 31.0 Å². The number of rotatable bonds is 5. The van der Waals surface area contributed by atoms with Crippen LogP contribution in [0.25, 0.3) is 0 Å². The average Bonchev–Trinajstić information content (AvgIpc) is 3.39. The SMILES string of the molecule is O=C(NCc1ccccc1F)C1(C(=O)Nc2c(Cl)cccc2Cl)CC1. The maximum atomic E-state index is 13.6. The van der Waals surface area contributed by atoms with Gasteiger partial charge in [0.05, 0.1) is 15.7 Å². The minimum atomic E-state index is -1.16. The van der Waals surface area contributed by atoms with Gasteiger partial charge in [-0.2, -0.15) is 0 Å². The third-order valence-electron chi connectivity index (χ3n) is 4.22. The molecular formula is C18H15Cl2FN2O2. The predicted molar refractivity (Wildman–Crippen MR) is 95.0 cm³/mol. The van der Waals surface area contributed by atoms with Crippen molar-refractivity contribution < 1.29 is 14.0 Å². The van der Waals surface area contributed by atoms with Gasteiger partial charge in [-0.15, -0.1) is 0 Å². The van der Waals surface area contributed by atoms with Gasteiger partial charge in [-0.3, -0.25) is 9.59 Å². The molecule has 0 saturated heterocycles. The van der Waals surface area contributed by atoms with Crippen LogP contribution in [0.3, 0.4) is 0 Å². The molecule has 0 aromatic heterocycles. The molecule has 0 unspecified atom stereocenters. The van der Waals surface area contributed by atoms with Crippen molar-refractivity contribution in [2.75, 3.05) is 5.32 Å². The largest absolute Gasteiger partial charge is 0.351 e. The van der Waals surface area contributed by atoms with Crippen LogP contribution in [0.5, 0.6) is 0 Å². The van der Waals surface area contributed by atoms with Crippen molar-refractivity contribution in [1.29, 1.82) is 0 Å². The molecule has 1 saturated carbocycles. The number of halogens is 3. The van der Waals surface area contributed by atoms with Crippen LogP contribution in [0, 0.1) is 11.2 Å². The van der Waals surface area contributed by atoms with E-state index in [9.17, 15) is 14.0 Å². The third kappa shape index (κ3) is 3.62. The topological polar surface area (TPSA) is 58.2 Å². The molecule has 0 bridgehead atoms. The molecule has 4 nitrogen and oxygen atoms in total. The van der Waals surface area contributed by atoms with Crippen molar-refractivity contribution in [1.82, 2.24) is 5.32 Å². The molecule has 25 heavy (non-hydrogen) atoms. The number of carbonyl (C=O) groups is 2. The van der Waals surface area contributed by atoms with Crippen LogP contribution in [-0.2, 0) is 16.1 Å². The van der Waals surface area contributed by atoms with E-state index in [1.54, 1.807) is 36.4 Å². The molecule has 3 rings (SSSR count). The molecule has 0 aliphatic heterocycles. The van der Waals surface area contributed by atoms with E-state index in [0.717, 1.165) is 0 Å². The number of hydrogen-bond acceptors (Lipinski definition) is 2. The van der Waals surface area contributed by atoms with Crippen molar-refractivity contribution in [2.45, 2.75) is 19.4 Å². The van der Waals surface area contributed by atoms with Gasteiger partial charge in [0, 0.05) is 12.1 Å². The first-order chi connectivity index (χ1) is 11.9. The highest BCUT2D eigenvalue weighted by Crippen LogP contribution is 2.47. The van der Waals surface area contributed by atoms with Crippen molar-refractivity contribution >= 4 is 40.7 Å². The summed E-state index contributed by atoms with van der Waals surface area (Å²) in [4.78, 5) is 25.0. The zero-order valence-corrected chi connectivity index (χ0v) is 14.6. The lowest BCUT2D eigenvalue weighted by Crippen LogP contribution is -2.39. The van der Waals surface area contributed by atoms with E-state index in [2.05, 4.69) is 10.6 Å². The monoisotopic (exact) mass is 380 g/mol. The van der Waals surface area contributed by atoms with Gasteiger partial charge in [0.1, 0.15) is 11.2 Å². The fraction of sp³-hybridized carbons (Fsp3) is 0.222. The van der Waals surface area contributed by atoms with Crippen molar-refractivity contribution in [3.8, 4) is 0 Å². The maximum Gasteiger partial charge on any atom is 0.240 e. The van der Waals surface area contributed by atoms with E-state index in [-0.39, 0.29) is 12.2 Å². The number of nitrogens with one attached hydrogen (secondary N) is 2. The Balaban J connectivity index is 1.68. The van der Waals surface area contributed by atoms with E-state index in [4.69, 9.17) is 23.2 Å². The second-order valence-electron chi connectivity index (χ2n) is 5.91. The fourth-order valence-corrected chi connectivity index (χ4v) is 3.01. The van der Waals surface area contributed by atoms with Gasteiger partial charge in [0.15, 0.2) is 0 Å². The normalized spacial score (nSPS) is 14.7. The minimum absolute atomic E-state index is 0.0212. The molecule has 2 aromatic rings. The number of anilines is 1. The average molecular weight is 381 g/mol. The molecule has 1 fully saturated rings. The molecule has 1 aliphatic rings. The number of carbonyl (C=O) groups excluding carboxylic acids is 2. The standard InChI is InChI=1S/C18H15Cl2FN2O2/c19-12-5-3-6-13(20)15(12)23-17(25)18(8-9-18)16(24)22-10-11-4-1-2-7-14(11)21/h1-7H,8-10H2,(H,22,24)(H,23,25). The van der Waals surface area contributed by atoms with Crippen molar-refractivity contribution in [3.05, 3.63) is 63.9 Å². The number of para-hydroxylation sites is 1. The number of benzene rings is 2. The van der Waals surface area contributed by atoms with E-state index < -0.39 is 23.0 Å². The van der Waals surface area contributed by atoms with Crippen molar-refractivity contribution in [2.24, 2.45) is 5.41 Å². The highest BCUT2D eigenvalue weighted by atomic mass is 35.5. The summed E-state index contributed by atoms with van der Waals surface area (Å²) in [5, 5.41) is 5.86. The van der Waals surface area contributed by atoms with Gasteiger partial charge < -0.3 is 10.6 Å². The third-order valence-corrected chi connectivity index (χ3v) is 4.85. The van der Waals surface area contributed by atoms with Crippen LogP contribution >= 0.6 is 23.2 Å². The van der Waals surface area contributed by atoms with Crippen LogP contribution in [0.4, 0.5) is 10.1 Å². The van der Waals surface area contributed by atoms with Gasteiger partial charge in [-0.25, -0.2) is 4.39 Å². The van der Waals surface area contributed by atoms with E-state index in [0.29, 0.717) is 28.5 Å². The Morgan fingerprint density at radius 3 is 2.24 bits per heavy atom. The molecule has 7 heteroatoms. The molecule has 0 atom stereocenters. The molecule has 0 heterocycles. The van der Waals surface area contributed by atoms with Crippen LogP contribution in [0.1, 0.15) is 18.4 Å². The lowest BCUT2D eigenvalue weighted by molar-refractivity contribution is -0.134. The van der Waals surface area contributed by atoms with E-state index in [1.165, 1.54) is 6.07 Å². The van der Waals surface area contributed by atoms with Gasteiger partial charge >= 0.3 is 0 Å². The summed E-state index contributed by atoms with van der Waals surface area (Å²) in [5.74, 6) is -1.30. The molecule has 2 amide bonds. The first-order valence-corrected chi connectivity index (χ1v) is 8.47. The number of hydrogen-bond donors (Lipinski definition) is 2. The zero-order chi connectivity index (χ0) is 18.0. The van der Waals surface area contributed by atoms with Crippen LogP contribution in [0.15, 0.2) is 42.5 Å². The summed E-state index contributed by atoms with van der Waals surface area (Å²) in [6.45, 7) is 0.0212. The van der Waals surface area contributed by atoms with E-state index >= 15 is 0 Å². The lowest BCUT2D eigenvalue weighted by Gasteiger charge is -2.17. The highest BCUT2D eigenvalue weighted by molar-refractivity contribution is 6.40. The van der Waals surface area contributed by atoms with Gasteiger partial charge in [-0.1, -0.05) is 47.5 Å². The summed E-state index contributed by atoms with van der Waals surface area (Å²) in [6, 6.07) is 11.0. The number of amides is 2. The molecule has 1 aliphatic carbocycles. The molecule has 0 spiro atoms. The predicted octanol–water partition coefficient (Wildman–Crippen LogP) is 4.17. The highest BCUT2D eigenvalue weighted by Gasteiger charge is 2.56. The first kappa shape index (κ1) is 17.7. The van der Waals surface area contributed by atoms with Crippen LogP contribution < -0.4 is 10.6 Å². The summed E-state index contributed by atoms with van der Waals surface area (Å²) < 4.78 is 13.6. The molecule has 2 aromatic carbocycles. The molecular weight excluding hydrogens is 366 g/mol. The summed E-state index contributed by atoms with van der Waals surface area (Å²) >= 11 is 12.1. The fourth-order valence-electron chi connectivity index (χ4n) is 2.52. The summed E-state index contributed by atoms with van der Waals surface area (Å²) in [5.41, 5.74) is -0.515. The van der Waals surface area contributed by atoms with Gasteiger partial charge in [0.25, 0.3) is 0 Å². The Kier molecular flexibility index (Phi) is 4.97.